The molecule has 1 heterocycles. The van der Waals surface area contributed by atoms with Crippen molar-refractivity contribution >= 4 is 41.0 Å². The highest BCUT2D eigenvalue weighted by atomic mass is 35.5. The number of benzene rings is 3. The molecule has 3 aromatic carbocycles. The van der Waals surface area contributed by atoms with Crippen molar-refractivity contribution < 1.29 is 23.5 Å². The molecule has 0 amide bonds. The number of Topliss-reactive ketones (excluding diaryl/α,β-unsaturated/α-hetero) is 1. The molecule has 0 atom stereocenters. The van der Waals surface area contributed by atoms with Crippen LogP contribution in [0.15, 0.2) is 60.4 Å². The summed E-state index contributed by atoms with van der Waals surface area (Å²) < 4.78 is 24.1. The standard InChI is InChI=1S/C23H13Cl2FO4/c1-12-8-17(29-23(28)13-3-6-16(26)7-4-13)11-19-21(12)22(27)20(30-19)9-14-2-5-15(24)10-18(14)25/h2-11H,1H3/b20-9-. The molecule has 0 radical (unpaired) electrons. The van der Waals surface area contributed by atoms with Gasteiger partial charge in [-0.05, 0) is 66.6 Å². The van der Waals surface area contributed by atoms with Crippen molar-refractivity contribution in [1.82, 2.24) is 0 Å². The molecule has 1 aliphatic rings. The minimum absolute atomic E-state index is 0.0966. The van der Waals surface area contributed by atoms with Crippen LogP contribution in [0.1, 0.15) is 31.8 Å². The van der Waals surface area contributed by atoms with Gasteiger partial charge in [0.05, 0.1) is 11.1 Å². The summed E-state index contributed by atoms with van der Waals surface area (Å²) in [5, 5.41) is 0.862. The summed E-state index contributed by atoms with van der Waals surface area (Å²) in [6, 6.07) is 12.9. The minimum atomic E-state index is -0.651. The lowest BCUT2D eigenvalue weighted by atomic mass is 10.0. The molecule has 150 valence electrons. The Bertz CT molecular complexity index is 1220. The number of ether oxygens (including phenoxy) is 2. The zero-order chi connectivity index (χ0) is 21.4. The van der Waals surface area contributed by atoms with Crippen molar-refractivity contribution in [1.29, 1.82) is 0 Å². The van der Waals surface area contributed by atoms with Crippen molar-refractivity contribution in [3.8, 4) is 11.5 Å². The normalized spacial score (nSPS) is 13.9. The fourth-order valence-corrected chi connectivity index (χ4v) is 3.51. The maximum atomic E-state index is 13.0. The van der Waals surface area contributed by atoms with Crippen LogP contribution >= 0.6 is 23.2 Å². The van der Waals surface area contributed by atoms with Crippen molar-refractivity contribution in [2.45, 2.75) is 6.92 Å². The molecular weight excluding hydrogens is 430 g/mol. The molecular formula is C23H13Cl2FO4. The zero-order valence-corrected chi connectivity index (χ0v) is 17.1. The molecule has 0 N–H and O–H groups in total. The van der Waals surface area contributed by atoms with E-state index in [0.717, 1.165) is 0 Å². The molecule has 4 rings (SSSR count). The number of ketones is 1. The van der Waals surface area contributed by atoms with Gasteiger partial charge in [0.2, 0.25) is 5.78 Å². The van der Waals surface area contributed by atoms with Crippen LogP contribution in [0.5, 0.6) is 11.5 Å². The smallest absolute Gasteiger partial charge is 0.343 e. The third-order valence-electron chi connectivity index (χ3n) is 4.48. The average molecular weight is 443 g/mol. The molecule has 0 unspecified atom stereocenters. The molecule has 0 saturated carbocycles. The molecule has 3 aromatic rings. The van der Waals surface area contributed by atoms with E-state index in [1.807, 2.05) is 0 Å². The van der Waals surface area contributed by atoms with E-state index >= 15 is 0 Å². The first-order valence-electron chi connectivity index (χ1n) is 8.83. The monoisotopic (exact) mass is 442 g/mol. The van der Waals surface area contributed by atoms with Gasteiger partial charge in [0.1, 0.15) is 17.3 Å². The predicted molar refractivity (Wildman–Crippen MR) is 112 cm³/mol. The van der Waals surface area contributed by atoms with Crippen molar-refractivity contribution in [3.05, 3.63) is 98.5 Å². The second-order valence-corrected chi connectivity index (χ2v) is 7.46. The highest BCUT2D eigenvalue weighted by Gasteiger charge is 2.30. The van der Waals surface area contributed by atoms with E-state index in [2.05, 4.69) is 0 Å². The number of esters is 1. The van der Waals surface area contributed by atoms with Crippen molar-refractivity contribution in [3.63, 3.8) is 0 Å². The first-order valence-corrected chi connectivity index (χ1v) is 9.59. The van der Waals surface area contributed by atoms with Gasteiger partial charge in [-0.1, -0.05) is 29.3 Å². The van der Waals surface area contributed by atoms with E-state index in [-0.39, 0.29) is 28.6 Å². The van der Waals surface area contributed by atoms with Gasteiger partial charge in [0, 0.05) is 16.1 Å². The topological polar surface area (TPSA) is 52.6 Å². The molecule has 30 heavy (non-hydrogen) atoms. The number of hydrogen-bond donors (Lipinski definition) is 0. The Labute approximate surface area is 181 Å². The average Bonchev–Trinajstić information content (AvgIpc) is 3.00. The SMILES string of the molecule is Cc1cc(OC(=O)c2ccc(F)cc2)cc2c1C(=O)/C(=C/c1ccc(Cl)cc1Cl)O2. The van der Waals surface area contributed by atoms with Crippen LogP contribution in [0, 0.1) is 12.7 Å². The molecule has 1 aliphatic heterocycles. The summed E-state index contributed by atoms with van der Waals surface area (Å²) in [5.41, 5.74) is 1.75. The van der Waals surface area contributed by atoms with Gasteiger partial charge in [0.25, 0.3) is 0 Å². The second kappa shape index (κ2) is 7.94. The summed E-state index contributed by atoms with van der Waals surface area (Å²) in [7, 11) is 0. The molecule has 0 saturated heterocycles. The van der Waals surface area contributed by atoms with Gasteiger partial charge < -0.3 is 9.47 Å². The lowest BCUT2D eigenvalue weighted by Gasteiger charge is -2.08. The van der Waals surface area contributed by atoms with Gasteiger partial charge in [-0.3, -0.25) is 4.79 Å². The Balaban J connectivity index is 1.61. The maximum Gasteiger partial charge on any atom is 0.343 e. The molecule has 0 fully saturated rings. The van der Waals surface area contributed by atoms with Gasteiger partial charge in [-0.15, -0.1) is 0 Å². The molecule has 7 heteroatoms. The van der Waals surface area contributed by atoms with E-state index in [1.165, 1.54) is 36.4 Å². The highest BCUT2D eigenvalue weighted by molar-refractivity contribution is 6.35. The lowest BCUT2D eigenvalue weighted by Crippen LogP contribution is -2.08. The summed E-state index contributed by atoms with van der Waals surface area (Å²) in [4.78, 5) is 25.1. The molecule has 0 aromatic heterocycles. The summed E-state index contributed by atoms with van der Waals surface area (Å²) in [5.74, 6) is -0.823. The fraction of sp³-hybridized carbons (Fsp3) is 0.0435. The van der Waals surface area contributed by atoms with Gasteiger partial charge in [-0.2, -0.15) is 0 Å². The first-order chi connectivity index (χ1) is 14.3. The number of fused-ring (bicyclic) bond motifs is 1. The molecule has 0 spiro atoms. The van der Waals surface area contributed by atoms with Gasteiger partial charge in [-0.25, -0.2) is 9.18 Å². The second-order valence-electron chi connectivity index (χ2n) is 6.62. The van der Waals surface area contributed by atoms with Gasteiger partial charge in [0.15, 0.2) is 5.76 Å². The molecule has 0 bridgehead atoms. The van der Waals surface area contributed by atoms with E-state index < -0.39 is 11.8 Å². The van der Waals surface area contributed by atoms with Crippen molar-refractivity contribution in [2.75, 3.05) is 0 Å². The number of carbonyl (C=O) groups excluding carboxylic acids is 2. The number of hydrogen-bond acceptors (Lipinski definition) is 4. The van der Waals surface area contributed by atoms with Crippen LogP contribution in [0.4, 0.5) is 4.39 Å². The summed E-state index contributed by atoms with van der Waals surface area (Å²) >= 11 is 12.1. The van der Waals surface area contributed by atoms with Crippen LogP contribution in [-0.4, -0.2) is 11.8 Å². The van der Waals surface area contributed by atoms with E-state index in [1.54, 1.807) is 31.2 Å². The third-order valence-corrected chi connectivity index (χ3v) is 5.05. The van der Waals surface area contributed by atoms with Crippen LogP contribution in [0.2, 0.25) is 10.0 Å². The first kappa shape index (κ1) is 20.1. The zero-order valence-electron chi connectivity index (χ0n) is 15.5. The number of allylic oxidation sites excluding steroid dienone is 1. The van der Waals surface area contributed by atoms with E-state index in [0.29, 0.717) is 26.7 Å². The Kier molecular flexibility index (Phi) is 5.33. The largest absolute Gasteiger partial charge is 0.452 e. The van der Waals surface area contributed by atoms with E-state index in [9.17, 15) is 14.0 Å². The Hall–Kier alpha value is -3.15. The highest BCUT2D eigenvalue weighted by Crippen LogP contribution is 2.38. The quantitative estimate of drug-likeness (QED) is 0.272. The van der Waals surface area contributed by atoms with Crippen LogP contribution in [-0.2, 0) is 0 Å². The molecule has 0 aliphatic carbocycles. The molecule has 4 nitrogen and oxygen atoms in total. The van der Waals surface area contributed by atoms with Crippen LogP contribution in [0.3, 0.4) is 0 Å². The number of carbonyl (C=O) groups is 2. The fourth-order valence-electron chi connectivity index (χ4n) is 3.05. The lowest BCUT2D eigenvalue weighted by molar-refractivity contribution is 0.0734. The summed E-state index contributed by atoms with van der Waals surface area (Å²) in [6.45, 7) is 1.72. The van der Waals surface area contributed by atoms with Crippen molar-refractivity contribution in [2.24, 2.45) is 0 Å². The Morgan fingerprint density at radius 2 is 1.80 bits per heavy atom. The minimum Gasteiger partial charge on any atom is -0.452 e. The predicted octanol–water partition coefficient (Wildman–Crippen LogP) is 6.28. The number of aryl methyl sites for hydroxylation is 1. The summed E-state index contributed by atoms with van der Waals surface area (Å²) in [6.07, 6.45) is 1.53. The maximum absolute atomic E-state index is 13.0. The van der Waals surface area contributed by atoms with Gasteiger partial charge >= 0.3 is 5.97 Å². The number of rotatable bonds is 3. The van der Waals surface area contributed by atoms with E-state index in [4.69, 9.17) is 32.7 Å². The number of halogens is 3. The third kappa shape index (κ3) is 3.95. The Morgan fingerprint density at radius 1 is 1.07 bits per heavy atom. The Morgan fingerprint density at radius 3 is 2.50 bits per heavy atom. The van der Waals surface area contributed by atoms with Crippen LogP contribution < -0.4 is 9.47 Å². The van der Waals surface area contributed by atoms with Crippen LogP contribution in [0.25, 0.3) is 6.08 Å².